The second-order valence-corrected chi connectivity index (χ2v) is 5.81. The van der Waals surface area contributed by atoms with Crippen molar-refractivity contribution in [2.75, 3.05) is 37.1 Å². The van der Waals surface area contributed by atoms with Crippen molar-refractivity contribution in [3.63, 3.8) is 0 Å². The summed E-state index contributed by atoms with van der Waals surface area (Å²) in [5.41, 5.74) is 0. The first-order valence-corrected chi connectivity index (χ1v) is 8.07. The predicted molar refractivity (Wildman–Crippen MR) is 86.0 cm³/mol. The number of hydrogen-bond donors (Lipinski definition) is 0. The Balaban J connectivity index is 1.79. The van der Waals surface area contributed by atoms with E-state index in [0.717, 1.165) is 36.3 Å². The fourth-order valence-electron chi connectivity index (χ4n) is 1.76. The van der Waals surface area contributed by atoms with Gasteiger partial charge in [-0.15, -0.1) is 35.0 Å². The topological polar surface area (TPSA) is 52.7 Å². The number of aliphatic imine (C=N–C) groups is 4. The maximum atomic E-state index is 5.77. The summed E-state index contributed by atoms with van der Waals surface area (Å²) in [6.45, 7) is 2.65. The van der Waals surface area contributed by atoms with Crippen molar-refractivity contribution in [3.8, 4) is 0 Å². The van der Waals surface area contributed by atoms with E-state index in [-0.39, 0.29) is 6.04 Å². The Bertz CT molecular complexity index is 415. The predicted octanol–water partition coefficient (Wildman–Crippen LogP) is 1.75. The highest BCUT2D eigenvalue weighted by atomic mass is 35.5. The summed E-state index contributed by atoms with van der Waals surface area (Å²) in [6, 6.07) is -0.0931. The van der Waals surface area contributed by atoms with Crippen molar-refractivity contribution < 1.29 is 0 Å². The first-order valence-electron chi connectivity index (χ1n) is 6.02. The van der Waals surface area contributed by atoms with Crippen LogP contribution in [0.15, 0.2) is 20.0 Å². The molecule has 0 aliphatic carbocycles. The van der Waals surface area contributed by atoms with E-state index in [4.69, 9.17) is 23.2 Å². The fourth-order valence-corrected chi connectivity index (χ4v) is 3.24. The second-order valence-electron chi connectivity index (χ2n) is 3.93. The van der Waals surface area contributed by atoms with E-state index >= 15 is 0 Å². The molecule has 19 heavy (non-hydrogen) atoms. The lowest BCUT2D eigenvalue weighted by Gasteiger charge is -2.20. The highest BCUT2D eigenvalue weighted by Gasteiger charge is 2.26. The third-order valence-corrected chi connectivity index (χ3v) is 4.07. The minimum Gasteiger partial charge on any atom is -0.300 e. The van der Waals surface area contributed by atoms with Crippen LogP contribution in [-0.4, -0.2) is 71.6 Å². The van der Waals surface area contributed by atoms with Crippen LogP contribution in [0.2, 0.25) is 0 Å². The lowest BCUT2D eigenvalue weighted by atomic mass is 10.3. The molecule has 2 rings (SSSR count). The smallest absolute Gasteiger partial charge is 0.163 e. The molecule has 8 heteroatoms. The minimum atomic E-state index is -0.0931. The van der Waals surface area contributed by atoms with Crippen molar-refractivity contribution >= 4 is 58.5 Å². The number of fused-ring (bicyclic) bond motifs is 1. The average Bonchev–Trinajstić information content (AvgIpc) is 2.88. The molecule has 0 aromatic rings. The van der Waals surface area contributed by atoms with Crippen molar-refractivity contribution in [1.29, 1.82) is 0 Å². The zero-order chi connectivity index (χ0) is 13.5. The highest BCUT2D eigenvalue weighted by Crippen LogP contribution is 2.18. The van der Waals surface area contributed by atoms with Gasteiger partial charge in [-0.3, -0.25) is 4.99 Å². The van der Waals surface area contributed by atoms with Crippen LogP contribution in [0.3, 0.4) is 0 Å². The molecule has 0 spiro atoms. The summed E-state index contributed by atoms with van der Waals surface area (Å²) < 4.78 is 0. The van der Waals surface area contributed by atoms with Crippen molar-refractivity contribution in [3.05, 3.63) is 0 Å². The van der Waals surface area contributed by atoms with E-state index in [1.165, 1.54) is 0 Å². The summed E-state index contributed by atoms with van der Waals surface area (Å²) >= 11 is 13.2. The van der Waals surface area contributed by atoms with Crippen molar-refractivity contribution in [1.82, 2.24) is 4.90 Å². The summed E-state index contributed by atoms with van der Waals surface area (Å²) in [5.74, 6) is 2.91. The number of thioether (sulfide) groups is 1. The van der Waals surface area contributed by atoms with Crippen LogP contribution in [0.4, 0.5) is 0 Å². The van der Waals surface area contributed by atoms with Crippen LogP contribution in [0.5, 0.6) is 0 Å². The normalized spacial score (nSPS) is 20.7. The molecule has 0 amide bonds. The SMILES string of the molecule is ClCCN(CCCl)CCSC1=NC=NC2=NC=NC21. The molecular weight excluding hydrogens is 305 g/mol. The molecule has 1 atom stereocenters. The van der Waals surface area contributed by atoms with Gasteiger partial charge in [0.25, 0.3) is 0 Å². The number of amidine groups is 1. The van der Waals surface area contributed by atoms with E-state index in [2.05, 4.69) is 24.9 Å². The van der Waals surface area contributed by atoms with Crippen LogP contribution in [0.25, 0.3) is 0 Å². The molecule has 0 radical (unpaired) electrons. The molecule has 0 N–H and O–H groups in total. The van der Waals surface area contributed by atoms with Gasteiger partial charge in [0.1, 0.15) is 17.7 Å². The molecular formula is C11H15Cl2N5S. The quantitative estimate of drug-likeness (QED) is 0.671. The summed E-state index contributed by atoms with van der Waals surface area (Å²) in [6.07, 6.45) is 3.09. The van der Waals surface area contributed by atoms with Gasteiger partial charge in [-0.2, -0.15) is 0 Å². The summed E-state index contributed by atoms with van der Waals surface area (Å²) in [5, 5.41) is 0.958. The van der Waals surface area contributed by atoms with Gasteiger partial charge in [0.05, 0.1) is 0 Å². The third kappa shape index (κ3) is 4.27. The first-order chi connectivity index (χ1) is 9.35. The van der Waals surface area contributed by atoms with Gasteiger partial charge in [0.2, 0.25) is 0 Å². The number of rotatable bonds is 7. The van der Waals surface area contributed by atoms with Crippen LogP contribution < -0.4 is 0 Å². The number of nitrogens with zero attached hydrogens (tertiary/aromatic N) is 5. The van der Waals surface area contributed by atoms with Crippen LogP contribution >= 0.6 is 35.0 Å². The van der Waals surface area contributed by atoms with Gasteiger partial charge >= 0.3 is 0 Å². The molecule has 0 bridgehead atoms. The van der Waals surface area contributed by atoms with Gasteiger partial charge in [0, 0.05) is 37.1 Å². The van der Waals surface area contributed by atoms with E-state index in [1.807, 2.05) is 0 Å². The molecule has 0 saturated heterocycles. The van der Waals surface area contributed by atoms with E-state index < -0.39 is 0 Å². The molecule has 1 unspecified atom stereocenters. The van der Waals surface area contributed by atoms with E-state index in [1.54, 1.807) is 24.4 Å². The Kier molecular flexibility index (Phi) is 6.30. The molecule has 104 valence electrons. The molecule has 0 aromatic carbocycles. The minimum absolute atomic E-state index is 0.0931. The molecule has 5 nitrogen and oxygen atoms in total. The third-order valence-electron chi connectivity index (χ3n) is 2.72. The van der Waals surface area contributed by atoms with Gasteiger partial charge in [0.15, 0.2) is 11.9 Å². The fraction of sp³-hybridized carbons (Fsp3) is 0.636. The molecule has 0 saturated carbocycles. The zero-order valence-corrected chi connectivity index (χ0v) is 12.7. The van der Waals surface area contributed by atoms with Gasteiger partial charge in [-0.1, -0.05) is 0 Å². The van der Waals surface area contributed by atoms with E-state index in [9.17, 15) is 0 Å². The van der Waals surface area contributed by atoms with Crippen LogP contribution in [0.1, 0.15) is 0 Å². The van der Waals surface area contributed by atoms with Crippen molar-refractivity contribution in [2.45, 2.75) is 6.04 Å². The van der Waals surface area contributed by atoms with Crippen LogP contribution in [0, 0.1) is 0 Å². The Morgan fingerprint density at radius 2 is 1.89 bits per heavy atom. The summed E-state index contributed by atoms with van der Waals surface area (Å²) in [7, 11) is 0. The molecule has 0 aromatic heterocycles. The van der Waals surface area contributed by atoms with Crippen molar-refractivity contribution in [2.24, 2.45) is 20.0 Å². The maximum absolute atomic E-state index is 5.77. The number of alkyl halides is 2. The zero-order valence-electron chi connectivity index (χ0n) is 10.4. The van der Waals surface area contributed by atoms with Gasteiger partial charge < -0.3 is 4.90 Å². The van der Waals surface area contributed by atoms with Gasteiger partial charge in [-0.25, -0.2) is 15.0 Å². The van der Waals surface area contributed by atoms with Crippen LogP contribution in [-0.2, 0) is 0 Å². The second kappa shape index (κ2) is 7.99. The molecule has 2 aliphatic rings. The Morgan fingerprint density at radius 1 is 1.11 bits per heavy atom. The Labute approximate surface area is 126 Å². The molecule has 2 heterocycles. The van der Waals surface area contributed by atoms with E-state index in [0.29, 0.717) is 11.8 Å². The largest absolute Gasteiger partial charge is 0.300 e. The first kappa shape index (κ1) is 15.0. The standard InChI is InChI=1S/C11H15Cl2N5S/c12-1-3-18(4-2-13)5-6-19-11-9-10(15-7-14-9)16-8-17-11/h7-9H,1-6H2. The number of halogens is 2. The number of hydrogen-bond acceptors (Lipinski definition) is 6. The Hall–Kier alpha value is -0.430. The lowest BCUT2D eigenvalue weighted by Crippen LogP contribution is -2.31. The average molecular weight is 320 g/mol. The molecule has 2 aliphatic heterocycles. The highest BCUT2D eigenvalue weighted by molar-refractivity contribution is 8.14. The lowest BCUT2D eigenvalue weighted by molar-refractivity contribution is 0.328. The summed E-state index contributed by atoms with van der Waals surface area (Å²) in [4.78, 5) is 19.0. The maximum Gasteiger partial charge on any atom is 0.163 e. The Morgan fingerprint density at radius 3 is 2.63 bits per heavy atom. The van der Waals surface area contributed by atoms with Gasteiger partial charge in [-0.05, 0) is 0 Å². The molecule has 0 fully saturated rings. The monoisotopic (exact) mass is 319 g/mol.